The van der Waals surface area contributed by atoms with E-state index in [2.05, 4.69) is 47.7 Å². The lowest BCUT2D eigenvalue weighted by atomic mass is 9.86. The van der Waals surface area contributed by atoms with Crippen molar-refractivity contribution in [2.75, 3.05) is 0 Å². The van der Waals surface area contributed by atoms with Crippen LogP contribution in [0.4, 0.5) is 0 Å². The Balaban J connectivity index is 3.47. The van der Waals surface area contributed by atoms with Gasteiger partial charge < -0.3 is 4.43 Å². The average Bonchev–Trinajstić information content (AvgIpc) is 2.55. The third kappa shape index (κ3) is 16.4. The Labute approximate surface area is 168 Å². The molecule has 0 N–H and O–H groups in total. The van der Waals surface area contributed by atoms with Gasteiger partial charge in [-0.05, 0) is 30.8 Å². The molecule has 0 amide bonds. The summed E-state index contributed by atoms with van der Waals surface area (Å²) in [7, 11) is -0.925. The molecule has 0 saturated carbocycles. The summed E-state index contributed by atoms with van der Waals surface area (Å²) in [5, 5.41) is 0. The quantitative estimate of drug-likeness (QED) is 0.180. The molecule has 0 saturated heterocycles. The first-order valence-electron chi connectivity index (χ1n) is 11.9. The first-order chi connectivity index (χ1) is 12.3. The summed E-state index contributed by atoms with van der Waals surface area (Å²) in [4.78, 5) is 0. The van der Waals surface area contributed by atoms with E-state index in [9.17, 15) is 0 Å². The fraction of sp³-hybridized carbons (Fsp3) is 1.00. The Hall–Kier alpha value is 0.177. The minimum atomic E-state index is -0.925. The normalized spacial score (nSPS) is 14.8. The number of unbranched alkanes of at least 4 members (excludes halogenated alkanes) is 9. The Bertz CT molecular complexity index is 295. The Morgan fingerprint density at radius 1 is 0.692 bits per heavy atom. The Morgan fingerprint density at radius 3 is 1.54 bits per heavy atom. The first kappa shape index (κ1) is 26.2. The van der Waals surface area contributed by atoms with Crippen LogP contribution in [0.3, 0.4) is 0 Å². The molecule has 26 heavy (non-hydrogen) atoms. The van der Waals surface area contributed by atoms with E-state index >= 15 is 0 Å². The summed E-state index contributed by atoms with van der Waals surface area (Å²) in [5.74, 6) is 0.953. The van der Waals surface area contributed by atoms with Gasteiger partial charge in [0, 0.05) is 6.10 Å². The molecule has 2 heteroatoms. The van der Waals surface area contributed by atoms with Crippen LogP contribution < -0.4 is 0 Å². The van der Waals surface area contributed by atoms with E-state index in [4.69, 9.17) is 4.43 Å². The van der Waals surface area contributed by atoms with E-state index in [0.717, 1.165) is 5.92 Å². The van der Waals surface area contributed by atoms with Crippen LogP contribution in [0, 0.1) is 11.3 Å². The molecule has 2 unspecified atom stereocenters. The minimum absolute atomic E-state index is 0.297. The molecule has 0 aliphatic rings. The molecule has 2 atom stereocenters. The van der Waals surface area contributed by atoms with E-state index in [1.165, 1.54) is 89.9 Å². The molecule has 0 rings (SSSR count). The molecular weight excluding hydrogens is 332 g/mol. The predicted octanol–water partition coefficient (Wildman–Crippen LogP) is 8.52. The molecule has 0 bridgehead atoms. The molecule has 0 spiro atoms. The van der Waals surface area contributed by atoms with Gasteiger partial charge in [-0.25, -0.2) is 0 Å². The summed E-state index contributed by atoms with van der Waals surface area (Å²) in [6.45, 7) is 16.3. The SMILES string of the molecule is CCCCC(C)CCCCCCCCCCCC(O[SiH](C)C)C(C)(C)C. The highest BCUT2D eigenvalue weighted by molar-refractivity contribution is 6.48. The first-order valence-corrected chi connectivity index (χ1v) is 14.7. The van der Waals surface area contributed by atoms with Gasteiger partial charge >= 0.3 is 0 Å². The van der Waals surface area contributed by atoms with Gasteiger partial charge in [-0.2, -0.15) is 0 Å². The van der Waals surface area contributed by atoms with Crippen LogP contribution in [-0.2, 0) is 4.43 Å². The number of hydrogen-bond acceptors (Lipinski definition) is 1. The van der Waals surface area contributed by atoms with Crippen LogP contribution in [0.15, 0.2) is 0 Å². The predicted molar refractivity (Wildman–Crippen MR) is 123 cm³/mol. The van der Waals surface area contributed by atoms with Gasteiger partial charge in [0.25, 0.3) is 0 Å². The summed E-state index contributed by atoms with van der Waals surface area (Å²) >= 11 is 0. The van der Waals surface area contributed by atoms with Crippen LogP contribution in [0.2, 0.25) is 13.1 Å². The molecule has 0 heterocycles. The smallest absolute Gasteiger partial charge is 0.171 e. The summed E-state index contributed by atoms with van der Waals surface area (Å²) in [6.07, 6.45) is 20.3. The van der Waals surface area contributed by atoms with E-state index in [-0.39, 0.29) is 0 Å². The zero-order valence-electron chi connectivity index (χ0n) is 19.5. The monoisotopic (exact) mass is 384 g/mol. The fourth-order valence-electron chi connectivity index (χ4n) is 3.79. The van der Waals surface area contributed by atoms with Crippen LogP contribution in [0.1, 0.15) is 125 Å². The fourth-order valence-corrected chi connectivity index (χ4v) is 4.99. The maximum Gasteiger partial charge on any atom is 0.171 e. The second-order valence-electron chi connectivity index (χ2n) is 10.0. The summed E-state index contributed by atoms with van der Waals surface area (Å²) < 4.78 is 6.27. The molecule has 158 valence electrons. The van der Waals surface area contributed by atoms with Crippen LogP contribution >= 0.6 is 0 Å². The third-order valence-corrected chi connectivity index (χ3v) is 6.49. The van der Waals surface area contributed by atoms with Crippen molar-refractivity contribution >= 4 is 9.04 Å². The number of hydrogen-bond donors (Lipinski definition) is 0. The van der Waals surface area contributed by atoms with E-state index in [0.29, 0.717) is 11.5 Å². The van der Waals surface area contributed by atoms with Crippen molar-refractivity contribution in [1.82, 2.24) is 0 Å². The van der Waals surface area contributed by atoms with Crippen molar-refractivity contribution in [3.8, 4) is 0 Å². The van der Waals surface area contributed by atoms with Crippen LogP contribution in [0.25, 0.3) is 0 Å². The summed E-state index contributed by atoms with van der Waals surface area (Å²) in [6, 6.07) is 0. The zero-order chi connectivity index (χ0) is 19.8. The van der Waals surface area contributed by atoms with Crippen LogP contribution in [0.5, 0.6) is 0 Å². The minimum Gasteiger partial charge on any atom is -0.417 e. The molecule has 0 radical (unpaired) electrons. The van der Waals surface area contributed by atoms with Crippen molar-refractivity contribution < 1.29 is 4.43 Å². The lowest BCUT2D eigenvalue weighted by Gasteiger charge is -2.32. The van der Waals surface area contributed by atoms with Gasteiger partial charge in [0.05, 0.1) is 0 Å². The van der Waals surface area contributed by atoms with Gasteiger partial charge in [0.2, 0.25) is 0 Å². The van der Waals surface area contributed by atoms with E-state index in [1.807, 2.05) is 0 Å². The van der Waals surface area contributed by atoms with Crippen molar-refractivity contribution in [3.05, 3.63) is 0 Å². The molecule has 0 aliphatic heterocycles. The highest BCUT2D eigenvalue weighted by Crippen LogP contribution is 2.27. The standard InChI is InChI=1S/C24H52OSi/c1-8-9-19-22(2)20-17-15-13-11-10-12-14-16-18-21-23(24(3,4)5)25-26(6)7/h22-23,26H,8-21H2,1-7H3. The van der Waals surface area contributed by atoms with Crippen molar-refractivity contribution in [2.45, 2.75) is 144 Å². The Morgan fingerprint density at radius 2 is 1.12 bits per heavy atom. The molecule has 0 fully saturated rings. The highest BCUT2D eigenvalue weighted by Gasteiger charge is 2.25. The second kappa shape index (κ2) is 16.2. The van der Waals surface area contributed by atoms with Gasteiger partial charge in [0.15, 0.2) is 9.04 Å². The molecule has 0 aliphatic carbocycles. The Kier molecular flexibility index (Phi) is 16.3. The van der Waals surface area contributed by atoms with Gasteiger partial charge in [-0.3, -0.25) is 0 Å². The largest absolute Gasteiger partial charge is 0.417 e. The number of rotatable bonds is 17. The lowest BCUT2D eigenvalue weighted by Crippen LogP contribution is -2.33. The molecule has 0 aromatic carbocycles. The average molecular weight is 385 g/mol. The second-order valence-corrected chi connectivity index (χ2v) is 12.4. The van der Waals surface area contributed by atoms with Gasteiger partial charge in [-0.1, -0.05) is 118 Å². The zero-order valence-corrected chi connectivity index (χ0v) is 20.7. The molecule has 0 aromatic rings. The van der Waals surface area contributed by atoms with E-state index < -0.39 is 9.04 Å². The molecular formula is C24H52OSi. The van der Waals surface area contributed by atoms with Gasteiger partial charge in [-0.15, -0.1) is 0 Å². The molecule has 1 nitrogen and oxygen atoms in total. The third-order valence-electron chi connectivity index (χ3n) is 5.62. The lowest BCUT2D eigenvalue weighted by molar-refractivity contribution is 0.0759. The molecule has 0 aromatic heterocycles. The highest BCUT2D eigenvalue weighted by atomic mass is 28.3. The van der Waals surface area contributed by atoms with Crippen LogP contribution in [-0.4, -0.2) is 15.1 Å². The van der Waals surface area contributed by atoms with Crippen molar-refractivity contribution in [1.29, 1.82) is 0 Å². The maximum absolute atomic E-state index is 6.27. The maximum atomic E-state index is 6.27. The van der Waals surface area contributed by atoms with Crippen molar-refractivity contribution in [3.63, 3.8) is 0 Å². The van der Waals surface area contributed by atoms with Gasteiger partial charge in [0.1, 0.15) is 0 Å². The summed E-state index contributed by atoms with van der Waals surface area (Å²) in [5.41, 5.74) is 0.297. The topological polar surface area (TPSA) is 9.23 Å². The van der Waals surface area contributed by atoms with E-state index in [1.54, 1.807) is 0 Å². The van der Waals surface area contributed by atoms with Crippen molar-refractivity contribution in [2.24, 2.45) is 11.3 Å².